The molecule has 3 N–H and O–H groups in total. The maximum absolute atomic E-state index is 12.7. The Labute approximate surface area is 192 Å². The molecule has 1 fully saturated rings. The molecule has 33 heavy (non-hydrogen) atoms. The van der Waals surface area contributed by atoms with Gasteiger partial charge in [0.05, 0.1) is 0 Å². The first-order valence-corrected chi connectivity index (χ1v) is 11.2. The normalized spacial score (nSPS) is 18.3. The van der Waals surface area contributed by atoms with Gasteiger partial charge in [-0.3, -0.25) is 9.59 Å². The third-order valence-corrected chi connectivity index (χ3v) is 6.34. The first-order chi connectivity index (χ1) is 15.9. The predicted octanol–water partition coefficient (Wildman–Crippen LogP) is 2.58. The van der Waals surface area contributed by atoms with Crippen molar-refractivity contribution < 1.29 is 24.2 Å². The van der Waals surface area contributed by atoms with E-state index in [0.717, 1.165) is 41.8 Å². The van der Waals surface area contributed by atoms with Crippen LogP contribution in [0.15, 0.2) is 48.5 Å². The fourth-order valence-corrected chi connectivity index (χ4v) is 4.67. The molecule has 2 aromatic rings. The first kappa shape index (κ1) is 22.8. The molecular weight excluding hydrogens is 422 g/mol. The lowest BCUT2D eigenvalue weighted by molar-refractivity contribution is -0.137. The van der Waals surface area contributed by atoms with Crippen molar-refractivity contribution in [2.75, 3.05) is 26.7 Å². The van der Waals surface area contributed by atoms with Crippen molar-refractivity contribution >= 4 is 18.0 Å². The Morgan fingerprint density at radius 3 is 2.30 bits per heavy atom. The van der Waals surface area contributed by atoms with Crippen LogP contribution in [0.25, 0.3) is 11.1 Å². The van der Waals surface area contributed by atoms with E-state index in [1.165, 1.54) is 0 Å². The molecule has 2 aliphatic rings. The van der Waals surface area contributed by atoms with Gasteiger partial charge in [0.15, 0.2) is 0 Å². The maximum atomic E-state index is 12.7. The number of hydrogen-bond acceptors (Lipinski definition) is 5. The van der Waals surface area contributed by atoms with Crippen LogP contribution in [0, 0.1) is 0 Å². The number of nitrogens with zero attached hydrogens (tertiary/aromatic N) is 1. The molecule has 174 valence electrons. The lowest BCUT2D eigenvalue weighted by Gasteiger charge is -2.21. The average molecular weight is 452 g/mol. The van der Waals surface area contributed by atoms with E-state index >= 15 is 0 Å². The SMILES string of the molecule is CN1CCC(NC(=O)C(CCC(=O)O)NC(=O)OCC2c3ccccc3-c3ccccc32)C1. The van der Waals surface area contributed by atoms with Gasteiger partial charge in [0, 0.05) is 24.9 Å². The molecule has 1 aliphatic heterocycles. The average Bonchev–Trinajstić information content (AvgIpc) is 3.35. The number of benzene rings is 2. The molecule has 0 saturated carbocycles. The Balaban J connectivity index is 1.39. The summed E-state index contributed by atoms with van der Waals surface area (Å²) in [6.07, 6.45) is -0.148. The Morgan fingerprint density at radius 2 is 1.73 bits per heavy atom. The van der Waals surface area contributed by atoms with E-state index in [-0.39, 0.29) is 37.3 Å². The van der Waals surface area contributed by atoms with Gasteiger partial charge in [-0.2, -0.15) is 0 Å². The Morgan fingerprint density at radius 1 is 1.09 bits per heavy atom. The number of alkyl carbamates (subject to hydrolysis) is 1. The molecule has 0 spiro atoms. The third-order valence-electron chi connectivity index (χ3n) is 6.34. The highest BCUT2D eigenvalue weighted by Crippen LogP contribution is 2.44. The van der Waals surface area contributed by atoms with Crippen molar-refractivity contribution in [2.45, 2.75) is 37.3 Å². The van der Waals surface area contributed by atoms with Gasteiger partial charge in [0.25, 0.3) is 0 Å². The maximum Gasteiger partial charge on any atom is 0.407 e. The molecule has 2 aromatic carbocycles. The summed E-state index contributed by atoms with van der Waals surface area (Å²) in [5.41, 5.74) is 4.44. The number of likely N-dealkylation sites (tertiary alicyclic amines) is 1. The number of amides is 2. The Bertz CT molecular complexity index is 995. The van der Waals surface area contributed by atoms with Crippen LogP contribution in [-0.4, -0.2) is 66.8 Å². The molecule has 2 atom stereocenters. The molecule has 0 aromatic heterocycles. The van der Waals surface area contributed by atoms with Gasteiger partial charge in [0.2, 0.25) is 5.91 Å². The molecule has 2 amide bonds. The van der Waals surface area contributed by atoms with E-state index in [9.17, 15) is 14.4 Å². The largest absolute Gasteiger partial charge is 0.481 e. The molecule has 8 nitrogen and oxygen atoms in total. The number of hydrogen-bond donors (Lipinski definition) is 3. The van der Waals surface area contributed by atoms with E-state index in [4.69, 9.17) is 9.84 Å². The summed E-state index contributed by atoms with van der Waals surface area (Å²) in [5.74, 6) is -1.50. The lowest BCUT2D eigenvalue weighted by atomic mass is 9.98. The van der Waals surface area contributed by atoms with Gasteiger partial charge in [-0.05, 0) is 48.7 Å². The predicted molar refractivity (Wildman–Crippen MR) is 123 cm³/mol. The highest BCUT2D eigenvalue weighted by molar-refractivity contribution is 5.86. The van der Waals surface area contributed by atoms with E-state index in [2.05, 4.69) is 27.7 Å². The van der Waals surface area contributed by atoms with Crippen molar-refractivity contribution in [1.29, 1.82) is 0 Å². The Hall–Kier alpha value is -3.39. The zero-order chi connectivity index (χ0) is 23.4. The highest BCUT2D eigenvalue weighted by atomic mass is 16.5. The summed E-state index contributed by atoms with van der Waals surface area (Å²) in [7, 11) is 1.98. The second-order valence-electron chi connectivity index (χ2n) is 8.71. The van der Waals surface area contributed by atoms with Crippen LogP contribution in [-0.2, 0) is 14.3 Å². The number of nitrogens with one attached hydrogen (secondary N) is 2. The molecule has 0 bridgehead atoms. The van der Waals surface area contributed by atoms with Crippen LogP contribution in [0.4, 0.5) is 4.79 Å². The molecule has 8 heteroatoms. The van der Waals surface area contributed by atoms with Crippen molar-refractivity contribution in [3.05, 3.63) is 59.7 Å². The minimum absolute atomic E-state index is 0.00603. The quantitative estimate of drug-likeness (QED) is 0.569. The summed E-state index contributed by atoms with van der Waals surface area (Å²) < 4.78 is 5.53. The zero-order valence-electron chi connectivity index (χ0n) is 18.6. The Kier molecular flexibility index (Phi) is 6.93. The summed E-state index contributed by atoms with van der Waals surface area (Å²) in [5, 5.41) is 14.5. The minimum atomic E-state index is -1.03. The molecule has 4 rings (SSSR count). The van der Waals surface area contributed by atoms with Crippen molar-refractivity contribution in [3.63, 3.8) is 0 Å². The van der Waals surface area contributed by atoms with Gasteiger partial charge in [-0.15, -0.1) is 0 Å². The van der Waals surface area contributed by atoms with Gasteiger partial charge in [-0.25, -0.2) is 4.79 Å². The standard InChI is InChI=1S/C25H29N3O5/c1-28-13-12-16(14-28)26-24(31)22(10-11-23(29)30)27-25(32)33-15-21-19-8-4-2-6-17(19)18-7-3-5-9-20(18)21/h2-9,16,21-22H,10-15H2,1H3,(H,26,31)(H,27,32)(H,29,30). The van der Waals surface area contributed by atoms with Crippen LogP contribution in [0.3, 0.4) is 0 Å². The van der Waals surface area contributed by atoms with Crippen LogP contribution < -0.4 is 10.6 Å². The summed E-state index contributed by atoms with van der Waals surface area (Å²) in [6, 6.07) is 15.1. The van der Waals surface area contributed by atoms with Crippen LogP contribution in [0.5, 0.6) is 0 Å². The molecular formula is C25H29N3O5. The summed E-state index contributed by atoms with van der Waals surface area (Å²) in [6.45, 7) is 1.73. The van der Waals surface area contributed by atoms with E-state index in [1.54, 1.807) is 0 Å². The number of carboxylic acid groups (broad SMARTS) is 1. The number of ether oxygens (including phenoxy) is 1. The number of likely N-dealkylation sites (N-methyl/N-ethyl adjacent to an activating group) is 1. The lowest BCUT2D eigenvalue weighted by Crippen LogP contribution is -2.50. The van der Waals surface area contributed by atoms with Gasteiger partial charge in [0.1, 0.15) is 12.6 Å². The monoisotopic (exact) mass is 451 g/mol. The van der Waals surface area contributed by atoms with Crippen molar-refractivity contribution in [2.24, 2.45) is 0 Å². The molecule has 2 unspecified atom stereocenters. The number of rotatable bonds is 8. The van der Waals surface area contributed by atoms with Gasteiger partial charge >= 0.3 is 12.1 Å². The first-order valence-electron chi connectivity index (χ1n) is 11.2. The number of carboxylic acids is 1. The van der Waals surface area contributed by atoms with Crippen LogP contribution in [0.2, 0.25) is 0 Å². The van der Waals surface area contributed by atoms with Crippen LogP contribution >= 0.6 is 0 Å². The number of carbonyl (C=O) groups excluding carboxylic acids is 2. The third kappa shape index (κ3) is 5.34. The van der Waals surface area contributed by atoms with Crippen molar-refractivity contribution in [3.8, 4) is 11.1 Å². The van der Waals surface area contributed by atoms with Gasteiger partial charge in [-0.1, -0.05) is 48.5 Å². The van der Waals surface area contributed by atoms with E-state index in [1.807, 2.05) is 43.4 Å². The fraction of sp³-hybridized carbons (Fsp3) is 0.400. The molecule has 1 saturated heterocycles. The molecule has 0 radical (unpaired) electrons. The fourth-order valence-electron chi connectivity index (χ4n) is 4.67. The van der Waals surface area contributed by atoms with Crippen molar-refractivity contribution in [1.82, 2.24) is 15.5 Å². The van der Waals surface area contributed by atoms with E-state index < -0.39 is 18.1 Å². The number of fused-ring (bicyclic) bond motifs is 3. The second kappa shape index (κ2) is 10.0. The minimum Gasteiger partial charge on any atom is -0.481 e. The summed E-state index contributed by atoms with van der Waals surface area (Å²) >= 11 is 0. The van der Waals surface area contributed by atoms with Crippen LogP contribution in [0.1, 0.15) is 36.3 Å². The topological polar surface area (TPSA) is 108 Å². The van der Waals surface area contributed by atoms with Gasteiger partial charge < -0.3 is 25.4 Å². The number of aliphatic carboxylic acids is 1. The highest BCUT2D eigenvalue weighted by Gasteiger charge is 2.30. The second-order valence-corrected chi connectivity index (χ2v) is 8.71. The summed E-state index contributed by atoms with van der Waals surface area (Å²) in [4.78, 5) is 38.5. The van der Waals surface area contributed by atoms with E-state index in [0.29, 0.717) is 0 Å². The molecule has 1 heterocycles. The zero-order valence-corrected chi connectivity index (χ0v) is 18.6. The number of carbonyl (C=O) groups is 3. The smallest absolute Gasteiger partial charge is 0.407 e. The molecule has 1 aliphatic carbocycles.